The Balaban J connectivity index is 2.17. The lowest BCUT2D eigenvalue weighted by Gasteiger charge is -2.12. The van der Waals surface area contributed by atoms with Crippen LogP contribution < -0.4 is 10.1 Å². The molecule has 0 aliphatic rings. The third-order valence-corrected chi connectivity index (χ3v) is 3.50. The molecule has 1 aromatic heterocycles. The second-order valence-corrected chi connectivity index (χ2v) is 5.85. The van der Waals surface area contributed by atoms with Crippen molar-refractivity contribution in [2.24, 2.45) is 0 Å². The van der Waals surface area contributed by atoms with Gasteiger partial charge in [0.2, 0.25) is 0 Å². The monoisotopic (exact) mass is 298 g/mol. The van der Waals surface area contributed by atoms with Crippen LogP contribution >= 0.6 is 0 Å². The van der Waals surface area contributed by atoms with Gasteiger partial charge in [-0.05, 0) is 37.1 Å². The molecule has 118 valence electrons. The number of hydrogen-bond acceptors (Lipinski definition) is 3. The molecule has 0 saturated carbocycles. The summed E-state index contributed by atoms with van der Waals surface area (Å²) in [4.78, 5) is 4.75. The number of pyridine rings is 1. The molecule has 0 amide bonds. The van der Waals surface area contributed by atoms with E-state index in [0.29, 0.717) is 6.04 Å². The molecular weight excluding hydrogens is 272 g/mol. The van der Waals surface area contributed by atoms with E-state index in [-0.39, 0.29) is 0 Å². The maximum Gasteiger partial charge on any atom is 0.119 e. The smallest absolute Gasteiger partial charge is 0.119 e. The molecule has 22 heavy (non-hydrogen) atoms. The predicted octanol–water partition coefficient (Wildman–Crippen LogP) is 4.34. The van der Waals surface area contributed by atoms with Crippen LogP contribution in [0.15, 0.2) is 36.4 Å². The van der Waals surface area contributed by atoms with Crippen molar-refractivity contribution in [3.8, 4) is 17.0 Å². The van der Waals surface area contributed by atoms with Gasteiger partial charge in [-0.1, -0.05) is 39.0 Å². The highest BCUT2D eigenvalue weighted by atomic mass is 16.5. The van der Waals surface area contributed by atoms with E-state index in [4.69, 9.17) is 9.72 Å². The van der Waals surface area contributed by atoms with Crippen LogP contribution in [0.4, 0.5) is 0 Å². The summed E-state index contributed by atoms with van der Waals surface area (Å²) in [7, 11) is 0. The summed E-state index contributed by atoms with van der Waals surface area (Å²) in [5.74, 6) is 0.907. The Hall–Kier alpha value is -1.87. The normalized spacial score (nSPS) is 11.0. The number of aromatic nitrogens is 1. The van der Waals surface area contributed by atoms with Crippen molar-refractivity contribution in [2.75, 3.05) is 6.61 Å². The molecule has 0 bridgehead atoms. The molecule has 0 aliphatic heterocycles. The maximum atomic E-state index is 5.70. The van der Waals surface area contributed by atoms with E-state index in [9.17, 15) is 0 Å². The molecule has 0 fully saturated rings. The summed E-state index contributed by atoms with van der Waals surface area (Å²) < 4.78 is 5.70. The standard InChI is InChI=1S/C19H26N2O/c1-5-11-22-18-8-6-7-16(12-18)19-10-9-17(15(4)21-19)13-20-14(2)3/h6-10,12,14,20H,5,11,13H2,1-4H3. The predicted molar refractivity (Wildman–Crippen MR) is 92.2 cm³/mol. The molecule has 0 spiro atoms. The first-order valence-corrected chi connectivity index (χ1v) is 8.03. The van der Waals surface area contributed by atoms with E-state index in [2.05, 4.69) is 57.3 Å². The van der Waals surface area contributed by atoms with E-state index in [1.807, 2.05) is 12.1 Å². The van der Waals surface area contributed by atoms with Crippen LogP contribution in [0.2, 0.25) is 0 Å². The highest BCUT2D eigenvalue weighted by Gasteiger charge is 2.06. The number of nitrogens with zero attached hydrogens (tertiary/aromatic N) is 1. The molecule has 2 aromatic rings. The number of ether oxygens (including phenoxy) is 1. The van der Waals surface area contributed by atoms with Gasteiger partial charge in [-0.25, -0.2) is 0 Å². The van der Waals surface area contributed by atoms with Crippen LogP contribution in [0, 0.1) is 6.92 Å². The second kappa shape index (κ2) is 7.95. The average molecular weight is 298 g/mol. The third kappa shape index (κ3) is 4.57. The number of rotatable bonds is 7. The van der Waals surface area contributed by atoms with Crippen molar-refractivity contribution in [3.05, 3.63) is 47.7 Å². The van der Waals surface area contributed by atoms with Crippen LogP contribution in [0.25, 0.3) is 11.3 Å². The lowest BCUT2D eigenvalue weighted by Crippen LogP contribution is -2.22. The van der Waals surface area contributed by atoms with E-state index in [0.717, 1.165) is 42.3 Å². The summed E-state index contributed by atoms with van der Waals surface area (Å²) >= 11 is 0. The minimum absolute atomic E-state index is 0.478. The van der Waals surface area contributed by atoms with Gasteiger partial charge >= 0.3 is 0 Å². The Morgan fingerprint density at radius 3 is 2.68 bits per heavy atom. The second-order valence-electron chi connectivity index (χ2n) is 5.85. The molecular formula is C19H26N2O. The minimum Gasteiger partial charge on any atom is -0.494 e. The summed E-state index contributed by atoms with van der Waals surface area (Å²) in [6.07, 6.45) is 1.01. The molecule has 0 atom stereocenters. The molecule has 1 aromatic carbocycles. The van der Waals surface area contributed by atoms with Gasteiger partial charge in [-0.2, -0.15) is 0 Å². The molecule has 0 aliphatic carbocycles. The van der Waals surface area contributed by atoms with Gasteiger partial charge in [0, 0.05) is 23.8 Å². The van der Waals surface area contributed by atoms with Crippen molar-refractivity contribution in [2.45, 2.75) is 46.7 Å². The van der Waals surface area contributed by atoms with E-state index in [1.54, 1.807) is 0 Å². The Bertz CT molecular complexity index is 608. The fourth-order valence-corrected chi connectivity index (χ4v) is 2.22. The van der Waals surface area contributed by atoms with Crippen molar-refractivity contribution >= 4 is 0 Å². The zero-order valence-corrected chi connectivity index (χ0v) is 14.0. The highest BCUT2D eigenvalue weighted by Crippen LogP contribution is 2.23. The van der Waals surface area contributed by atoms with Gasteiger partial charge in [-0.15, -0.1) is 0 Å². The average Bonchev–Trinajstić information content (AvgIpc) is 2.52. The Kier molecular flexibility index (Phi) is 5.96. The van der Waals surface area contributed by atoms with Gasteiger partial charge in [-0.3, -0.25) is 4.98 Å². The lowest BCUT2D eigenvalue weighted by molar-refractivity contribution is 0.317. The van der Waals surface area contributed by atoms with Crippen LogP contribution in [-0.4, -0.2) is 17.6 Å². The van der Waals surface area contributed by atoms with E-state index in [1.165, 1.54) is 5.56 Å². The fourth-order valence-electron chi connectivity index (χ4n) is 2.22. The maximum absolute atomic E-state index is 5.70. The van der Waals surface area contributed by atoms with Crippen molar-refractivity contribution in [1.29, 1.82) is 0 Å². The summed E-state index contributed by atoms with van der Waals surface area (Å²) in [5, 5.41) is 3.43. The first-order chi connectivity index (χ1) is 10.6. The van der Waals surface area contributed by atoms with E-state index < -0.39 is 0 Å². The number of benzene rings is 1. The zero-order chi connectivity index (χ0) is 15.9. The Labute approximate surface area is 133 Å². The van der Waals surface area contributed by atoms with Gasteiger partial charge in [0.25, 0.3) is 0 Å². The summed E-state index contributed by atoms with van der Waals surface area (Å²) in [6.45, 7) is 10.1. The van der Waals surface area contributed by atoms with Crippen molar-refractivity contribution in [1.82, 2.24) is 10.3 Å². The zero-order valence-electron chi connectivity index (χ0n) is 14.0. The first-order valence-electron chi connectivity index (χ1n) is 8.03. The van der Waals surface area contributed by atoms with Crippen molar-refractivity contribution < 1.29 is 4.74 Å². The number of nitrogens with one attached hydrogen (secondary N) is 1. The van der Waals surface area contributed by atoms with Crippen LogP contribution in [0.1, 0.15) is 38.4 Å². The summed E-state index contributed by atoms with van der Waals surface area (Å²) in [6, 6.07) is 12.9. The van der Waals surface area contributed by atoms with Crippen LogP contribution in [0.5, 0.6) is 5.75 Å². The fraction of sp³-hybridized carbons (Fsp3) is 0.421. The molecule has 0 saturated heterocycles. The number of hydrogen-bond donors (Lipinski definition) is 1. The third-order valence-electron chi connectivity index (χ3n) is 3.50. The largest absolute Gasteiger partial charge is 0.494 e. The molecule has 3 heteroatoms. The Morgan fingerprint density at radius 2 is 2.00 bits per heavy atom. The minimum atomic E-state index is 0.478. The Morgan fingerprint density at radius 1 is 1.18 bits per heavy atom. The molecule has 1 heterocycles. The molecule has 1 N–H and O–H groups in total. The first kappa shape index (κ1) is 16.5. The highest BCUT2D eigenvalue weighted by molar-refractivity contribution is 5.61. The van der Waals surface area contributed by atoms with Gasteiger partial charge in [0.05, 0.1) is 12.3 Å². The van der Waals surface area contributed by atoms with E-state index >= 15 is 0 Å². The van der Waals surface area contributed by atoms with Gasteiger partial charge < -0.3 is 10.1 Å². The number of aryl methyl sites for hydroxylation is 1. The lowest BCUT2D eigenvalue weighted by atomic mass is 10.1. The SMILES string of the molecule is CCCOc1cccc(-c2ccc(CNC(C)C)c(C)n2)c1. The van der Waals surface area contributed by atoms with Crippen LogP contribution in [0.3, 0.4) is 0 Å². The van der Waals surface area contributed by atoms with Crippen molar-refractivity contribution in [3.63, 3.8) is 0 Å². The van der Waals surface area contributed by atoms with Gasteiger partial charge in [0.1, 0.15) is 5.75 Å². The topological polar surface area (TPSA) is 34.1 Å². The summed E-state index contributed by atoms with van der Waals surface area (Å²) in [5.41, 5.74) is 4.41. The quantitative estimate of drug-likeness (QED) is 0.825. The van der Waals surface area contributed by atoms with Crippen LogP contribution in [-0.2, 0) is 6.54 Å². The molecule has 0 radical (unpaired) electrons. The van der Waals surface area contributed by atoms with Gasteiger partial charge in [0.15, 0.2) is 0 Å². The molecule has 3 nitrogen and oxygen atoms in total. The molecule has 0 unspecified atom stereocenters. The molecule has 2 rings (SSSR count).